The van der Waals surface area contributed by atoms with E-state index in [0.29, 0.717) is 33.8 Å². The van der Waals surface area contributed by atoms with Crippen LogP contribution in [0, 0.1) is 11.6 Å². The van der Waals surface area contributed by atoms with Gasteiger partial charge in [0.1, 0.15) is 29.3 Å². The number of para-hydroxylation sites is 2. The summed E-state index contributed by atoms with van der Waals surface area (Å²) in [6.07, 6.45) is 3.95. The van der Waals surface area contributed by atoms with E-state index >= 15 is 4.39 Å². The van der Waals surface area contributed by atoms with Gasteiger partial charge in [0, 0.05) is 22.7 Å². The molecule has 0 radical (unpaired) electrons. The van der Waals surface area contributed by atoms with Crippen LogP contribution in [-0.4, -0.2) is 49.9 Å². The van der Waals surface area contributed by atoms with Crippen LogP contribution in [0.25, 0.3) is 33.1 Å². The third-order valence-corrected chi connectivity index (χ3v) is 8.24. The summed E-state index contributed by atoms with van der Waals surface area (Å²) in [7, 11) is 2.15. The standard InChI is InChI=1S/C33H29F2N5O/c1-39-14-12-21(13-15-39)20-6-8-22(9-7-20)25-18-30-23(16-27(25)35)19-40(38-30)32(26-17-24(34)10-11-31(26)41)33-36-28-4-2-3-5-29(28)37-33/h2-11,16-19,21,32,41H,12-15H2,1H3,(H,36,37). The number of hydrogen-bond donors (Lipinski definition) is 2. The molecule has 0 spiro atoms. The predicted octanol–water partition coefficient (Wildman–Crippen LogP) is 7.01. The summed E-state index contributed by atoms with van der Waals surface area (Å²) in [5, 5.41) is 16.1. The molecule has 0 bridgehead atoms. The normalized spacial score (nSPS) is 15.6. The number of aromatic nitrogens is 4. The number of aromatic hydroxyl groups is 1. The van der Waals surface area contributed by atoms with Crippen LogP contribution in [0.5, 0.6) is 5.75 Å². The number of likely N-dealkylation sites (tertiary alicyclic amines) is 1. The molecule has 206 valence electrons. The first-order valence-corrected chi connectivity index (χ1v) is 13.8. The molecule has 4 aromatic carbocycles. The fourth-order valence-electron chi connectivity index (χ4n) is 5.95. The number of imidazole rings is 1. The van der Waals surface area contributed by atoms with E-state index in [1.807, 2.05) is 36.4 Å². The number of H-pyrrole nitrogens is 1. The van der Waals surface area contributed by atoms with Crippen molar-refractivity contribution in [2.24, 2.45) is 0 Å². The molecule has 0 aliphatic carbocycles. The molecule has 2 aromatic heterocycles. The first-order valence-electron chi connectivity index (χ1n) is 13.8. The van der Waals surface area contributed by atoms with Crippen LogP contribution < -0.4 is 0 Å². The fourth-order valence-corrected chi connectivity index (χ4v) is 5.95. The Bertz CT molecular complexity index is 1840. The highest BCUT2D eigenvalue weighted by molar-refractivity contribution is 5.84. The maximum atomic E-state index is 15.5. The highest BCUT2D eigenvalue weighted by Crippen LogP contribution is 2.36. The summed E-state index contributed by atoms with van der Waals surface area (Å²) >= 11 is 0. The van der Waals surface area contributed by atoms with Gasteiger partial charge in [0.05, 0.1) is 16.6 Å². The number of piperidine rings is 1. The Morgan fingerprint density at radius 2 is 1.71 bits per heavy atom. The van der Waals surface area contributed by atoms with Gasteiger partial charge in [-0.05, 0) is 92.5 Å². The van der Waals surface area contributed by atoms with Gasteiger partial charge in [0.15, 0.2) is 0 Å². The van der Waals surface area contributed by atoms with Crippen molar-refractivity contribution in [1.82, 2.24) is 24.6 Å². The Balaban J connectivity index is 1.29. The largest absolute Gasteiger partial charge is 0.508 e. The lowest BCUT2D eigenvalue weighted by atomic mass is 9.88. The van der Waals surface area contributed by atoms with Crippen molar-refractivity contribution in [1.29, 1.82) is 0 Å². The second-order valence-electron chi connectivity index (χ2n) is 10.9. The number of nitrogens with zero attached hydrogens (tertiary/aromatic N) is 4. The molecule has 3 heterocycles. The Kier molecular flexibility index (Phi) is 6.27. The molecular formula is C33H29F2N5O. The Morgan fingerprint density at radius 1 is 0.927 bits per heavy atom. The third kappa shape index (κ3) is 4.74. The zero-order valence-corrected chi connectivity index (χ0v) is 22.6. The van der Waals surface area contributed by atoms with Crippen LogP contribution in [0.2, 0.25) is 0 Å². The molecule has 1 aliphatic heterocycles. The smallest absolute Gasteiger partial charge is 0.138 e. The molecule has 41 heavy (non-hydrogen) atoms. The van der Waals surface area contributed by atoms with Gasteiger partial charge in [-0.2, -0.15) is 5.10 Å². The van der Waals surface area contributed by atoms with E-state index in [1.54, 1.807) is 16.9 Å². The van der Waals surface area contributed by atoms with E-state index in [9.17, 15) is 9.50 Å². The molecule has 0 amide bonds. The maximum absolute atomic E-state index is 15.5. The van der Waals surface area contributed by atoms with Crippen LogP contribution in [0.1, 0.15) is 41.8 Å². The summed E-state index contributed by atoms with van der Waals surface area (Å²) in [6.45, 7) is 2.17. The Morgan fingerprint density at radius 3 is 2.49 bits per heavy atom. The van der Waals surface area contributed by atoms with Crippen molar-refractivity contribution in [2.45, 2.75) is 24.8 Å². The van der Waals surface area contributed by atoms with E-state index in [1.165, 1.54) is 29.8 Å². The van der Waals surface area contributed by atoms with Gasteiger partial charge in [-0.3, -0.25) is 4.68 Å². The monoisotopic (exact) mass is 549 g/mol. The summed E-state index contributed by atoms with van der Waals surface area (Å²) in [5.74, 6) is 0.0707. The number of phenolic OH excluding ortho intramolecular Hbond substituents is 1. The highest BCUT2D eigenvalue weighted by Gasteiger charge is 2.26. The SMILES string of the molecule is CN1CCC(c2ccc(-c3cc4nn(C(c5nc6ccccc6[nH]5)c5cc(F)ccc5O)cc4cc3F)cc2)CC1. The molecule has 6 nitrogen and oxygen atoms in total. The number of halogens is 2. The van der Waals surface area contributed by atoms with Crippen molar-refractivity contribution >= 4 is 21.9 Å². The van der Waals surface area contributed by atoms with Gasteiger partial charge in [-0.25, -0.2) is 13.8 Å². The average molecular weight is 550 g/mol. The predicted molar refractivity (Wildman–Crippen MR) is 156 cm³/mol. The van der Waals surface area contributed by atoms with Crippen LogP contribution in [0.3, 0.4) is 0 Å². The molecule has 7 rings (SSSR count). The topological polar surface area (TPSA) is 70.0 Å². The van der Waals surface area contributed by atoms with Gasteiger partial charge in [-0.1, -0.05) is 36.4 Å². The van der Waals surface area contributed by atoms with Crippen LogP contribution >= 0.6 is 0 Å². The molecule has 0 saturated carbocycles. The minimum absolute atomic E-state index is 0.0898. The second kappa shape index (κ2) is 10.1. The second-order valence-corrected chi connectivity index (χ2v) is 10.9. The summed E-state index contributed by atoms with van der Waals surface area (Å²) in [6, 6.07) is 22.0. The average Bonchev–Trinajstić information content (AvgIpc) is 3.59. The first-order chi connectivity index (χ1) is 19.9. The lowest BCUT2D eigenvalue weighted by molar-refractivity contribution is 0.255. The van der Waals surface area contributed by atoms with E-state index in [0.717, 1.165) is 42.5 Å². The van der Waals surface area contributed by atoms with Crippen molar-refractivity contribution in [3.63, 3.8) is 0 Å². The first kappa shape index (κ1) is 25.4. The van der Waals surface area contributed by atoms with Gasteiger partial charge < -0.3 is 15.0 Å². The van der Waals surface area contributed by atoms with Crippen LogP contribution in [0.4, 0.5) is 8.78 Å². The summed E-state index contributed by atoms with van der Waals surface area (Å²) < 4.78 is 31.4. The molecular weight excluding hydrogens is 520 g/mol. The number of nitrogens with one attached hydrogen (secondary N) is 1. The number of phenols is 1. The van der Waals surface area contributed by atoms with Crippen molar-refractivity contribution in [3.8, 4) is 16.9 Å². The molecule has 1 fully saturated rings. The van der Waals surface area contributed by atoms with Crippen molar-refractivity contribution in [2.75, 3.05) is 20.1 Å². The zero-order valence-electron chi connectivity index (χ0n) is 22.6. The molecule has 1 unspecified atom stereocenters. The van der Waals surface area contributed by atoms with Gasteiger partial charge in [0.25, 0.3) is 0 Å². The number of rotatable bonds is 5. The minimum atomic E-state index is -0.772. The van der Waals surface area contributed by atoms with E-state index in [4.69, 9.17) is 10.1 Å². The highest BCUT2D eigenvalue weighted by atomic mass is 19.1. The fraction of sp³-hybridized carbons (Fsp3) is 0.212. The van der Waals surface area contributed by atoms with Gasteiger partial charge in [-0.15, -0.1) is 0 Å². The molecule has 8 heteroatoms. The number of benzene rings is 4. The van der Waals surface area contributed by atoms with Gasteiger partial charge >= 0.3 is 0 Å². The van der Waals surface area contributed by atoms with E-state index in [-0.39, 0.29) is 11.6 Å². The van der Waals surface area contributed by atoms with Crippen LogP contribution in [0.15, 0.2) is 85.1 Å². The molecule has 6 aromatic rings. The van der Waals surface area contributed by atoms with Crippen molar-refractivity contribution < 1.29 is 13.9 Å². The minimum Gasteiger partial charge on any atom is -0.508 e. The Hall–Kier alpha value is -4.56. The Labute approximate surface area is 235 Å². The van der Waals surface area contributed by atoms with Gasteiger partial charge in [0.2, 0.25) is 0 Å². The lowest BCUT2D eigenvalue weighted by Crippen LogP contribution is -2.29. The summed E-state index contributed by atoms with van der Waals surface area (Å²) in [5.41, 5.74) is 4.95. The molecule has 1 atom stereocenters. The molecule has 2 N–H and O–H groups in total. The maximum Gasteiger partial charge on any atom is 0.138 e. The zero-order chi connectivity index (χ0) is 28.1. The summed E-state index contributed by atoms with van der Waals surface area (Å²) in [4.78, 5) is 10.3. The molecule has 1 saturated heterocycles. The van der Waals surface area contributed by atoms with E-state index in [2.05, 4.69) is 29.1 Å². The van der Waals surface area contributed by atoms with Crippen LogP contribution in [-0.2, 0) is 0 Å². The molecule has 1 aliphatic rings. The number of fused-ring (bicyclic) bond motifs is 2. The number of aromatic amines is 1. The van der Waals surface area contributed by atoms with E-state index < -0.39 is 11.9 Å². The lowest BCUT2D eigenvalue weighted by Gasteiger charge is -2.29. The third-order valence-electron chi connectivity index (χ3n) is 8.24. The quantitative estimate of drug-likeness (QED) is 0.243. The van der Waals surface area contributed by atoms with Crippen molar-refractivity contribution in [3.05, 3.63) is 114 Å². The number of hydrogen-bond acceptors (Lipinski definition) is 4.